The highest BCUT2D eigenvalue weighted by molar-refractivity contribution is 5.78. The molecule has 1 nitrogen and oxygen atoms in total. The van der Waals surface area contributed by atoms with Crippen molar-refractivity contribution >= 4 is 17.0 Å². The maximum atomic E-state index is 4.68. The van der Waals surface area contributed by atoms with E-state index in [0.717, 1.165) is 22.2 Å². The van der Waals surface area contributed by atoms with Crippen LogP contribution >= 0.6 is 0 Å². The molecule has 23 heavy (non-hydrogen) atoms. The van der Waals surface area contributed by atoms with Crippen molar-refractivity contribution < 1.29 is 0 Å². The summed E-state index contributed by atoms with van der Waals surface area (Å²) in [5.74, 6) is 0. The van der Waals surface area contributed by atoms with Gasteiger partial charge in [0.1, 0.15) is 0 Å². The van der Waals surface area contributed by atoms with Gasteiger partial charge in [0.05, 0.1) is 11.2 Å². The fourth-order valence-electron chi connectivity index (χ4n) is 2.40. The number of para-hydroxylation sites is 1. The molecule has 1 heteroatoms. The van der Waals surface area contributed by atoms with Crippen molar-refractivity contribution in [1.82, 2.24) is 4.98 Å². The van der Waals surface area contributed by atoms with Crippen LogP contribution in [0.25, 0.3) is 28.1 Å². The number of aromatic nitrogens is 1. The Morgan fingerprint density at radius 2 is 1.39 bits per heavy atom. The Morgan fingerprint density at radius 3 is 2.22 bits per heavy atom. The zero-order valence-corrected chi connectivity index (χ0v) is 12.8. The average Bonchev–Trinajstić information content (AvgIpc) is 2.60. The van der Waals surface area contributed by atoms with Gasteiger partial charge in [0.15, 0.2) is 0 Å². The molecule has 1 heterocycles. The van der Waals surface area contributed by atoms with Gasteiger partial charge in [0, 0.05) is 11.5 Å². The largest absolute Gasteiger partial charge is 0.248 e. The molecule has 0 amide bonds. The fourth-order valence-corrected chi connectivity index (χ4v) is 2.40. The van der Waals surface area contributed by atoms with Gasteiger partial charge in [-0.15, -0.1) is 5.73 Å². The molecule has 1 aromatic heterocycles. The van der Waals surface area contributed by atoms with E-state index in [2.05, 4.69) is 53.7 Å². The zero-order valence-electron chi connectivity index (χ0n) is 12.8. The first-order chi connectivity index (χ1) is 11.4. The third kappa shape index (κ3) is 3.74. The van der Waals surface area contributed by atoms with Crippen LogP contribution in [0.3, 0.4) is 0 Å². The third-order valence-corrected chi connectivity index (χ3v) is 3.53. The molecule has 0 saturated carbocycles. The molecule has 0 aliphatic heterocycles. The van der Waals surface area contributed by atoms with E-state index in [0.29, 0.717) is 0 Å². The molecule has 2 aromatic carbocycles. The van der Waals surface area contributed by atoms with Gasteiger partial charge in [-0.1, -0.05) is 79.4 Å². The predicted molar refractivity (Wildman–Crippen MR) is 98.4 cm³/mol. The minimum atomic E-state index is 0.825. The zero-order chi connectivity index (χ0) is 15.9. The number of nitrogens with zero attached hydrogens (tertiary/aromatic N) is 1. The van der Waals surface area contributed by atoms with Crippen molar-refractivity contribution in [1.29, 1.82) is 0 Å². The van der Waals surface area contributed by atoms with Crippen molar-refractivity contribution in [3.05, 3.63) is 103 Å². The molecule has 0 aliphatic rings. The van der Waals surface area contributed by atoms with Crippen LogP contribution in [-0.4, -0.2) is 4.98 Å². The number of fused-ring (bicyclic) bond motifs is 1. The lowest BCUT2D eigenvalue weighted by atomic mass is 10.1. The summed E-state index contributed by atoms with van der Waals surface area (Å²) in [5, 5.41) is 1.08. The van der Waals surface area contributed by atoms with E-state index >= 15 is 0 Å². The molecule has 110 valence electrons. The van der Waals surface area contributed by atoms with E-state index < -0.39 is 0 Å². The van der Waals surface area contributed by atoms with E-state index in [1.54, 1.807) is 6.08 Å². The summed E-state index contributed by atoms with van der Waals surface area (Å²) in [6.07, 6.45) is 1.79. The van der Waals surface area contributed by atoms with Crippen molar-refractivity contribution in [3.8, 4) is 11.1 Å². The second kappa shape index (κ2) is 7.22. The summed E-state index contributed by atoms with van der Waals surface area (Å²) in [7, 11) is 0. The van der Waals surface area contributed by atoms with Crippen LogP contribution in [0.1, 0.15) is 5.69 Å². The van der Waals surface area contributed by atoms with Crippen molar-refractivity contribution in [3.63, 3.8) is 0 Å². The first kappa shape index (κ1) is 14.8. The van der Waals surface area contributed by atoms with E-state index in [1.807, 2.05) is 48.5 Å². The predicted octanol–water partition coefficient (Wildman–Crippen LogP) is 5.82. The molecule has 0 aliphatic carbocycles. The molecule has 0 spiro atoms. The smallest absolute Gasteiger partial charge is 0.0713 e. The average molecular weight is 295 g/mol. The normalized spacial score (nSPS) is 9.74. The second-order valence-corrected chi connectivity index (χ2v) is 5.12. The van der Waals surface area contributed by atoms with Crippen molar-refractivity contribution in [2.75, 3.05) is 0 Å². The summed E-state index contributed by atoms with van der Waals surface area (Å²) in [5.41, 5.74) is 6.90. The highest BCUT2D eigenvalue weighted by Gasteiger charge is 1.95. The van der Waals surface area contributed by atoms with E-state index in [4.69, 9.17) is 0 Å². The Kier molecular flexibility index (Phi) is 4.63. The summed E-state index contributed by atoms with van der Waals surface area (Å²) >= 11 is 0. The Labute approximate surface area is 136 Å². The first-order valence-electron chi connectivity index (χ1n) is 7.52. The number of benzene rings is 2. The molecule has 0 saturated heterocycles. The van der Waals surface area contributed by atoms with Gasteiger partial charge in [-0.3, -0.25) is 0 Å². The lowest BCUT2D eigenvalue weighted by Gasteiger charge is -1.99. The van der Waals surface area contributed by atoms with Crippen LogP contribution in [0.4, 0.5) is 0 Å². The lowest BCUT2D eigenvalue weighted by molar-refractivity contribution is 1.39. The van der Waals surface area contributed by atoms with E-state index in [9.17, 15) is 0 Å². The maximum Gasteiger partial charge on any atom is 0.0713 e. The van der Waals surface area contributed by atoms with Gasteiger partial charge >= 0.3 is 0 Å². The van der Waals surface area contributed by atoms with Crippen LogP contribution in [0.2, 0.25) is 0 Å². The van der Waals surface area contributed by atoms with Crippen molar-refractivity contribution in [2.24, 2.45) is 0 Å². The van der Waals surface area contributed by atoms with Gasteiger partial charge in [-0.25, -0.2) is 4.98 Å². The third-order valence-electron chi connectivity index (χ3n) is 3.53. The SMILES string of the molecule is C=C=Cc1cccc(-c2ccccc2)ccc2ccccc2n1. The highest BCUT2D eigenvalue weighted by Crippen LogP contribution is 2.18. The summed E-state index contributed by atoms with van der Waals surface area (Å²) in [6, 6.07) is 28.7. The van der Waals surface area contributed by atoms with Gasteiger partial charge in [-0.2, -0.15) is 0 Å². The van der Waals surface area contributed by atoms with Gasteiger partial charge in [-0.05, 0) is 23.3 Å². The Hall–Kier alpha value is -3.15. The first-order valence-corrected chi connectivity index (χ1v) is 7.52. The molecule has 0 fully saturated rings. The standard InChI is InChI=1S/C22H17N/c1-2-9-21-14-8-13-19(18-10-4-3-5-11-18)16-17-20-12-6-7-15-22(20)23-21/h3-17H,1H2. The fraction of sp³-hybridized carbons (Fsp3) is 0. The minimum Gasteiger partial charge on any atom is -0.248 e. The van der Waals surface area contributed by atoms with Gasteiger partial charge in [0.25, 0.3) is 0 Å². The summed E-state index contributed by atoms with van der Waals surface area (Å²) in [4.78, 5) is 4.68. The minimum absolute atomic E-state index is 0.825. The molecule has 3 rings (SSSR count). The quantitative estimate of drug-likeness (QED) is 0.542. The lowest BCUT2D eigenvalue weighted by Crippen LogP contribution is -1.79. The topological polar surface area (TPSA) is 12.9 Å². The van der Waals surface area contributed by atoms with Crippen LogP contribution in [-0.2, 0) is 0 Å². The molecule has 0 bridgehead atoms. The second-order valence-electron chi connectivity index (χ2n) is 5.12. The van der Waals surface area contributed by atoms with Crippen molar-refractivity contribution in [2.45, 2.75) is 0 Å². The summed E-state index contributed by atoms with van der Waals surface area (Å²) in [6.45, 7) is 3.64. The molecule has 0 unspecified atom stereocenters. The van der Waals surface area contributed by atoms with Gasteiger partial charge < -0.3 is 0 Å². The molecule has 0 N–H and O–H groups in total. The number of hydrogen-bond donors (Lipinski definition) is 0. The van der Waals surface area contributed by atoms with Crippen LogP contribution in [0, 0.1) is 0 Å². The monoisotopic (exact) mass is 295 g/mol. The molecule has 3 aromatic rings. The van der Waals surface area contributed by atoms with E-state index in [-0.39, 0.29) is 0 Å². The summed E-state index contributed by atoms with van der Waals surface area (Å²) < 4.78 is 0. The number of hydrogen-bond acceptors (Lipinski definition) is 1. The molecule has 0 atom stereocenters. The molecular weight excluding hydrogens is 278 g/mol. The Balaban J connectivity index is 2.31. The Morgan fingerprint density at radius 1 is 0.696 bits per heavy atom. The van der Waals surface area contributed by atoms with Crippen LogP contribution in [0.15, 0.2) is 97.2 Å². The maximum absolute atomic E-state index is 4.68. The molecule has 0 radical (unpaired) electrons. The Bertz CT molecular complexity index is 918. The van der Waals surface area contributed by atoms with Crippen LogP contribution in [0.5, 0.6) is 0 Å². The van der Waals surface area contributed by atoms with E-state index in [1.165, 1.54) is 5.56 Å². The molecular formula is C22H17N. The number of rotatable bonds is 2. The highest BCUT2D eigenvalue weighted by atomic mass is 14.7. The van der Waals surface area contributed by atoms with Gasteiger partial charge in [0.2, 0.25) is 0 Å². The van der Waals surface area contributed by atoms with Crippen LogP contribution < -0.4 is 0 Å².